The fourth-order valence-corrected chi connectivity index (χ4v) is 4.61. The molecule has 1 saturated heterocycles. The minimum atomic E-state index is -3.97. The minimum absolute atomic E-state index is 0.00987. The average Bonchev–Trinajstić information content (AvgIpc) is 3.23. The van der Waals surface area contributed by atoms with E-state index in [0.29, 0.717) is 0 Å². The summed E-state index contributed by atoms with van der Waals surface area (Å²) in [4.78, 5) is 26.5. The fourth-order valence-electron chi connectivity index (χ4n) is 3.19. The number of fused-ring (bicyclic) bond motifs is 1. The summed E-state index contributed by atoms with van der Waals surface area (Å²) in [6.45, 7) is 1.53. The zero-order valence-corrected chi connectivity index (χ0v) is 18.6. The van der Waals surface area contributed by atoms with Gasteiger partial charge in [0.1, 0.15) is 5.69 Å². The van der Waals surface area contributed by atoms with Crippen LogP contribution in [0.4, 0.5) is 5.69 Å². The maximum Gasteiger partial charge on any atom is 0.609 e. The number of phosphoric acid groups is 1. The summed E-state index contributed by atoms with van der Waals surface area (Å²) in [5.74, 6) is -1.53. The van der Waals surface area contributed by atoms with E-state index in [1.165, 1.54) is 12.1 Å². The molecule has 0 bridgehead atoms. The van der Waals surface area contributed by atoms with Crippen LogP contribution in [0.5, 0.6) is 5.88 Å². The normalized spacial score (nSPS) is 20.5. The summed E-state index contributed by atoms with van der Waals surface area (Å²) in [5, 5.41) is 12.8. The van der Waals surface area contributed by atoms with Crippen LogP contribution in [0.25, 0.3) is 0 Å². The number of carbonyl (C=O) groups is 2. The summed E-state index contributed by atoms with van der Waals surface area (Å²) in [5.41, 5.74) is -0.348. The highest BCUT2D eigenvalue weighted by atomic mass is 35.5. The number of halogens is 2. The lowest BCUT2D eigenvalue weighted by Gasteiger charge is -2.23. The molecular weight excluding hydrogens is 472 g/mol. The van der Waals surface area contributed by atoms with Gasteiger partial charge in [-0.2, -0.15) is 0 Å². The van der Waals surface area contributed by atoms with E-state index in [1.807, 2.05) is 0 Å². The second-order valence-electron chi connectivity index (χ2n) is 6.75. The third-order valence-corrected chi connectivity index (χ3v) is 6.56. The van der Waals surface area contributed by atoms with Crippen LogP contribution in [-0.2, 0) is 9.09 Å². The van der Waals surface area contributed by atoms with Gasteiger partial charge in [-0.1, -0.05) is 29.3 Å². The van der Waals surface area contributed by atoms with Gasteiger partial charge in [0.25, 0.3) is 17.7 Å². The van der Waals surface area contributed by atoms with Gasteiger partial charge < -0.3 is 20.5 Å². The first-order valence-electron chi connectivity index (χ1n) is 9.26. The Balaban J connectivity index is 1.67. The topological polar surface area (TPSA) is 133 Å². The third kappa shape index (κ3) is 4.37. The molecule has 0 saturated carbocycles. The molecule has 1 unspecified atom stereocenters. The number of rotatable bonds is 5. The molecule has 3 heterocycles. The van der Waals surface area contributed by atoms with E-state index < -0.39 is 19.6 Å². The molecule has 4 rings (SSSR count). The molecule has 0 radical (unpaired) electrons. The van der Waals surface area contributed by atoms with Crippen LogP contribution in [0, 0.1) is 0 Å². The molecule has 2 aromatic rings. The van der Waals surface area contributed by atoms with Crippen molar-refractivity contribution in [3.05, 3.63) is 39.5 Å². The molecule has 1 atom stereocenters. The molecule has 14 heteroatoms. The number of piperidine rings is 1. The highest BCUT2D eigenvalue weighted by Crippen LogP contribution is 2.53. The van der Waals surface area contributed by atoms with Crippen LogP contribution in [0.15, 0.2) is 18.2 Å². The summed E-state index contributed by atoms with van der Waals surface area (Å²) >= 11 is 12.2. The van der Waals surface area contributed by atoms with Crippen LogP contribution in [0.3, 0.4) is 0 Å². The highest BCUT2D eigenvalue weighted by molar-refractivity contribution is 7.49. The van der Waals surface area contributed by atoms with Crippen molar-refractivity contribution >= 4 is 48.5 Å². The van der Waals surface area contributed by atoms with E-state index in [2.05, 4.69) is 21.0 Å². The van der Waals surface area contributed by atoms with Gasteiger partial charge >= 0.3 is 7.82 Å². The number of hydrogen-bond donors (Lipinski definition) is 3. The van der Waals surface area contributed by atoms with E-state index in [9.17, 15) is 14.2 Å². The molecule has 166 valence electrons. The van der Waals surface area contributed by atoms with Gasteiger partial charge in [-0.15, -0.1) is 5.10 Å². The summed E-state index contributed by atoms with van der Waals surface area (Å²) in [6.07, 6.45) is 1.48. The Kier molecular flexibility index (Phi) is 6.14. The van der Waals surface area contributed by atoms with Crippen LogP contribution in [-0.4, -0.2) is 48.0 Å². The number of nitrogens with zero attached hydrogens (tertiary/aromatic N) is 2. The molecule has 1 fully saturated rings. The first-order valence-corrected chi connectivity index (χ1v) is 11.5. The Morgan fingerprint density at radius 1 is 1.26 bits per heavy atom. The summed E-state index contributed by atoms with van der Waals surface area (Å²) in [7, 11) is -2.85. The molecule has 11 nitrogen and oxygen atoms in total. The van der Waals surface area contributed by atoms with E-state index in [1.54, 1.807) is 6.07 Å². The van der Waals surface area contributed by atoms with Crippen molar-refractivity contribution in [3.8, 4) is 5.88 Å². The van der Waals surface area contributed by atoms with Gasteiger partial charge in [0.15, 0.2) is 5.69 Å². The van der Waals surface area contributed by atoms with Crippen molar-refractivity contribution in [1.29, 1.82) is 0 Å². The summed E-state index contributed by atoms with van der Waals surface area (Å²) in [6, 6.07) is 4.50. The molecule has 2 amide bonds. The quantitative estimate of drug-likeness (QED) is 0.545. The van der Waals surface area contributed by atoms with E-state index in [-0.39, 0.29) is 38.9 Å². The summed E-state index contributed by atoms with van der Waals surface area (Å²) < 4.78 is 27.4. The van der Waals surface area contributed by atoms with Gasteiger partial charge in [0.05, 0.1) is 15.6 Å². The molecule has 1 aromatic heterocycles. The molecule has 2 aliphatic heterocycles. The molecule has 3 N–H and O–H groups in total. The SMILES string of the molecule is COP1(=O)Oc2c(NC(=O)c3c(Cl)cccc3Cl)c(C(=O)NC3CCNCC3)nn2O1. The van der Waals surface area contributed by atoms with Gasteiger partial charge in [-0.25, -0.2) is 4.57 Å². The second-order valence-corrected chi connectivity index (χ2v) is 9.17. The second kappa shape index (κ2) is 8.68. The van der Waals surface area contributed by atoms with Gasteiger partial charge in [-0.3, -0.25) is 18.7 Å². The van der Waals surface area contributed by atoms with Gasteiger partial charge in [-0.05, 0) is 42.9 Å². The monoisotopic (exact) mass is 489 g/mol. The van der Waals surface area contributed by atoms with E-state index in [0.717, 1.165) is 37.9 Å². The number of phosphoric ester groups is 1. The van der Waals surface area contributed by atoms with Gasteiger partial charge in [0, 0.05) is 13.2 Å². The minimum Gasteiger partial charge on any atom is -0.370 e. The first-order chi connectivity index (χ1) is 14.8. The average molecular weight is 490 g/mol. The number of carbonyl (C=O) groups excluding carboxylic acids is 2. The van der Waals surface area contributed by atoms with Crippen molar-refractivity contribution < 1.29 is 27.8 Å². The van der Waals surface area contributed by atoms with Crippen LogP contribution < -0.4 is 25.1 Å². The number of aromatic nitrogens is 2. The van der Waals surface area contributed by atoms with Crippen molar-refractivity contribution in [2.24, 2.45) is 0 Å². The lowest BCUT2D eigenvalue weighted by atomic mass is 10.1. The van der Waals surface area contributed by atoms with Crippen molar-refractivity contribution in [2.75, 3.05) is 25.5 Å². The Morgan fingerprint density at radius 3 is 2.58 bits per heavy atom. The van der Waals surface area contributed by atoms with Crippen LogP contribution in [0.1, 0.15) is 33.7 Å². The number of nitrogens with one attached hydrogen (secondary N) is 3. The van der Waals surface area contributed by atoms with Crippen molar-refractivity contribution in [1.82, 2.24) is 20.6 Å². The molecule has 1 aromatic carbocycles. The zero-order chi connectivity index (χ0) is 22.2. The smallest absolute Gasteiger partial charge is 0.370 e. The van der Waals surface area contributed by atoms with Crippen molar-refractivity contribution in [2.45, 2.75) is 18.9 Å². The van der Waals surface area contributed by atoms with E-state index in [4.69, 9.17) is 36.9 Å². The lowest BCUT2D eigenvalue weighted by molar-refractivity contribution is 0.0919. The predicted octanol–water partition coefficient (Wildman–Crippen LogP) is 2.50. The van der Waals surface area contributed by atoms with Gasteiger partial charge in [0.2, 0.25) is 0 Å². The molecule has 2 aliphatic rings. The number of benzene rings is 1. The fraction of sp³-hybridized carbons (Fsp3) is 0.353. The Bertz CT molecular complexity index is 1070. The first kappa shape index (κ1) is 21.9. The standard InChI is InChI=1S/C17H18Cl2N5O6P/c1-28-31(27)29-17-14(22-15(25)12-10(18)3-2-4-11(12)19)13(23-24(17)30-31)16(26)21-9-5-7-20-8-6-9/h2-4,9,20H,5-8H2,1H3,(H,21,26)(H,22,25). The number of hydrogen-bond acceptors (Lipinski definition) is 8. The Hall–Kier alpha value is -2.30. The molecular formula is C17H18Cl2N5O6P. The molecule has 0 aliphatic carbocycles. The lowest BCUT2D eigenvalue weighted by Crippen LogP contribution is -2.43. The van der Waals surface area contributed by atoms with Crippen LogP contribution >= 0.6 is 31.0 Å². The number of anilines is 1. The maximum atomic E-state index is 12.9. The van der Waals surface area contributed by atoms with Crippen LogP contribution in [0.2, 0.25) is 10.0 Å². The zero-order valence-electron chi connectivity index (χ0n) is 16.2. The predicted molar refractivity (Wildman–Crippen MR) is 112 cm³/mol. The number of amides is 2. The Labute approximate surface area is 186 Å². The Morgan fingerprint density at radius 2 is 1.94 bits per heavy atom. The third-order valence-electron chi connectivity index (χ3n) is 4.73. The largest absolute Gasteiger partial charge is 0.609 e. The molecule has 31 heavy (non-hydrogen) atoms. The maximum absolute atomic E-state index is 12.9. The van der Waals surface area contributed by atoms with Crippen molar-refractivity contribution in [3.63, 3.8) is 0 Å². The molecule has 0 spiro atoms. The highest BCUT2D eigenvalue weighted by Gasteiger charge is 2.44. The van der Waals surface area contributed by atoms with E-state index >= 15 is 0 Å².